The van der Waals surface area contributed by atoms with Gasteiger partial charge in [-0.1, -0.05) is 19.1 Å². The van der Waals surface area contributed by atoms with E-state index in [4.69, 9.17) is 19.3 Å². The zero-order chi connectivity index (χ0) is 27.9. The molecule has 5 unspecified atom stereocenters. The molecular weight excluding hydrogens is 492 g/mol. The van der Waals surface area contributed by atoms with Crippen LogP contribution in [0.25, 0.3) is 0 Å². The minimum atomic E-state index is -1.88. The molecule has 11 atom stereocenters. The summed E-state index contributed by atoms with van der Waals surface area (Å²) in [5, 5.41) is 66.1. The molecule has 13 nitrogen and oxygen atoms in total. The third kappa shape index (κ3) is 9.14. The minimum absolute atomic E-state index is 0.00148. The average Bonchev–Trinajstić information content (AvgIpc) is 2.77. The number of rotatable bonds is 11. The molecule has 0 saturated carbocycles. The summed E-state index contributed by atoms with van der Waals surface area (Å²) in [6.45, 7) is 6.41. The number of aliphatic hydroxyl groups is 5. The minimum Gasteiger partial charge on any atom is -0.481 e. The van der Waals surface area contributed by atoms with Crippen molar-refractivity contribution in [3.63, 3.8) is 0 Å². The molecule has 2 aliphatic rings. The number of hydrogen-bond acceptors (Lipinski definition) is 10. The lowest BCUT2D eigenvalue weighted by Crippen LogP contribution is -2.63. The van der Waals surface area contributed by atoms with Crippen molar-refractivity contribution < 1.29 is 54.4 Å². The Balaban J connectivity index is 2.21. The Morgan fingerprint density at radius 2 is 1.89 bits per heavy atom. The van der Waals surface area contributed by atoms with Gasteiger partial charge in [0.05, 0.1) is 49.1 Å². The molecule has 0 aromatic carbocycles. The molecule has 2 fully saturated rings. The van der Waals surface area contributed by atoms with Gasteiger partial charge in [-0.15, -0.1) is 0 Å². The van der Waals surface area contributed by atoms with Gasteiger partial charge in [0.15, 0.2) is 12.1 Å². The molecule has 0 aliphatic carbocycles. The molecule has 2 heterocycles. The predicted molar refractivity (Wildman–Crippen MR) is 129 cm³/mol. The second-order valence-corrected chi connectivity index (χ2v) is 9.98. The number of carboxylic acids is 1. The number of carbonyl (C=O) groups is 2. The van der Waals surface area contributed by atoms with Crippen molar-refractivity contribution in [2.45, 2.75) is 114 Å². The fraction of sp³-hybridized carbons (Fsp3) is 0.833. The number of ether oxygens (including phenoxy) is 3. The molecule has 0 aromatic heterocycles. The topological polar surface area (TPSA) is 207 Å². The SMILES string of the molecule is C/C=C/[C@@H](C[C@@H]1O[C@](O)(C[C@H](C)O)C[C@H](O)[C@H]1NC(=O)NCCC(=O)O)OC1OC(C)C(O)C(C)C1O. The summed E-state index contributed by atoms with van der Waals surface area (Å²) in [5.41, 5.74) is 0. The summed E-state index contributed by atoms with van der Waals surface area (Å²) >= 11 is 0. The number of carbonyl (C=O) groups excluding carboxylic acids is 1. The number of urea groups is 1. The van der Waals surface area contributed by atoms with Crippen molar-refractivity contribution in [2.24, 2.45) is 5.92 Å². The highest BCUT2D eigenvalue weighted by atomic mass is 16.7. The Kier molecular flexibility index (Phi) is 11.7. The van der Waals surface area contributed by atoms with Crippen molar-refractivity contribution in [2.75, 3.05) is 6.54 Å². The molecule has 2 amide bonds. The third-order valence-electron chi connectivity index (χ3n) is 6.62. The number of hydrogen-bond donors (Lipinski definition) is 8. The van der Waals surface area contributed by atoms with Crippen molar-refractivity contribution >= 4 is 12.0 Å². The van der Waals surface area contributed by atoms with Crippen LogP contribution in [0.15, 0.2) is 12.2 Å². The maximum absolute atomic E-state index is 12.4. The van der Waals surface area contributed by atoms with Crippen molar-refractivity contribution in [1.29, 1.82) is 0 Å². The highest BCUT2D eigenvalue weighted by Crippen LogP contribution is 2.34. The lowest BCUT2D eigenvalue weighted by Gasteiger charge is -2.46. The molecular formula is C24H42N2O11. The van der Waals surface area contributed by atoms with Gasteiger partial charge in [-0.3, -0.25) is 4.79 Å². The van der Waals surface area contributed by atoms with Gasteiger partial charge in [-0.2, -0.15) is 0 Å². The fourth-order valence-electron chi connectivity index (χ4n) is 4.72. The molecule has 0 bridgehead atoms. The van der Waals surface area contributed by atoms with Crippen molar-refractivity contribution in [1.82, 2.24) is 10.6 Å². The van der Waals surface area contributed by atoms with Crippen LogP contribution in [0.5, 0.6) is 0 Å². The molecule has 37 heavy (non-hydrogen) atoms. The maximum Gasteiger partial charge on any atom is 0.315 e. The Hall–Kier alpha value is -1.84. The van der Waals surface area contributed by atoms with E-state index in [1.54, 1.807) is 32.9 Å². The summed E-state index contributed by atoms with van der Waals surface area (Å²) in [6.07, 6.45) is -5.07. The van der Waals surface area contributed by atoms with Gasteiger partial charge in [0.2, 0.25) is 0 Å². The summed E-state index contributed by atoms with van der Waals surface area (Å²) in [4.78, 5) is 23.1. The van der Waals surface area contributed by atoms with E-state index < -0.39 is 78.8 Å². The van der Waals surface area contributed by atoms with E-state index in [9.17, 15) is 35.1 Å². The number of aliphatic carboxylic acids is 1. The first-order chi connectivity index (χ1) is 17.3. The van der Waals surface area contributed by atoms with Crippen LogP contribution in [0.4, 0.5) is 4.79 Å². The van der Waals surface area contributed by atoms with Gasteiger partial charge >= 0.3 is 12.0 Å². The molecule has 2 rings (SSSR count). The summed E-state index contributed by atoms with van der Waals surface area (Å²) in [7, 11) is 0. The van der Waals surface area contributed by atoms with Crippen LogP contribution in [-0.4, -0.2) is 110 Å². The van der Waals surface area contributed by atoms with Gasteiger partial charge in [0.1, 0.15) is 6.10 Å². The smallest absolute Gasteiger partial charge is 0.315 e. The zero-order valence-corrected chi connectivity index (χ0v) is 21.7. The fourth-order valence-corrected chi connectivity index (χ4v) is 4.72. The molecule has 2 saturated heterocycles. The van der Waals surface area contributed by atoms with Gasteiger partial charge in [-0.05, 0) is 20.8 Å². The molecule has 0 radical (unpaired) electrons. The molecule has 0 aromatic rings. The van der Waals surface area contributed by atoms with Crippen LogP contribution >= 0.6 is 0 Å². The van der Waals surface area contributed by atoms with Crippen LogP contribution in [0.3, 0.4) is 0 Å². The van der Waals surface area contributed by atoms with Crippen LogP contribution in [0.2, 0.25) is 0 Å². The van der Waals surface area contributed by atoms with Crippen LogP contribution in [-0.2, 0) is 19.0 Å². The third-order valence-corrected chi connectivity index (χ3v) is 6.62. The summed E-state index contributed by atoms with van der Waals surface area (Å²) < 4.78 is 17.6. The molecule has 13 heteroatoms. The van der Waals surface area contributed by atoms with E-state index in [1.807, 2.05) is 0 Å². The largest absolute Gasteiger partial charge is 0.481 e. The van der Waals surface area contributed by atoms with Crippen LogP contribution in [0, 0.1) is 5.92 Å². The number of carboxylic acid groups (broad SMARTS) is 1. The normalized spacial score (nSPS) is 38.2. The molecule has 214 valence electrons. The van der Waals surface area contributed by atoms with Gasteiger partial charge in [0.25, 0.3) is 0 Å². The van der Waals surface area contributed by atoms with E-state index in [-0.39, 0.29) is 32.2 Å². The monoisotopic (exact) mass is 534 g/mol. The first-order valence-corrected chi connectivity index (χ1v) is 12.6. The standard InChI is InChI=1S/C24H42N2O11/c1-5-6-15(36-22-21(32)13(3)20(31)14(4)35-22)9-17-19(26-23(33)25-8-7-18(29)30)16(28)11-24(34,37-17)10-12(2)27/h5-6,12-17,19-22,27-28,31-32,34H,7-11H2,1-4H3,(H,29,30)(H2,25,26,33)/b6-5+/t12-,13?,14?,15-,16-,17-,19+,20?,21?,22?,24+/m0/s1. The van der Waals surface area contributed by atoms with Gasteiger partial charge in [-0.25, -0.2) is 4.79 Å². The Morgan fingerprint density at radius 1 is 1.22 bits per heavy atom. The first kappa shape index (κ1) is 31.4. The molecule has 0 spiro atoms. The maximum atomic E-state index is 12.4. The highest BCUT2D eigenvalue weighted by Gasteiger charge is 2.48. The lowest BCUT2D eigenvalue weighted by atomic mass is 9.88. The lowest BCUT2D eigenvalue weighted by molar-refractivity contribution is -0.305. The number of nitrogens with one attached hydrogen (secondary N) is 2. The Morgan fingerprint density at radius 3 is 2.49 bits per heavy atom. The summed E-state index contributed by atoms with van der Waals surface area (Å²) in [5.74, 6) is -3.49. The Bertz CT molecular complexity index is 782. The van der Waals surface area contributed by atoms with Crippen molar-refractivity contribution in [3.05, 3.63) is 12.2 Å². The van der Waals surface area contributed by atoms with E-state index in [0.29, 0.717) is 0 Å². The number of aliphatic hydroxyl groups excluding tert-OH is 4. The number of allylic oxidation sites excluding steroid dienone is 1. The Labute approximate surface area is 216 Å². The average molecular weight is 535 g/mol. The van der Waals surface area contributed by atoms with E-state index >= 15 is 0 Å². The van der Waals surface area contributed by atoms with Crippen LogP contribution < -0.4 is 10.6 Å². The second-order valence-electron chi connectivity index (χ2n) is 9.98. The summed E-state index contributed by atoms with van der Waals surface area (Å²) in [6, 6.07) is -1.75. The van der Waals surface area contributed by atoms with Gasteiger partial charge in [0, 0.05) is 31.7 Å². The van der Waals surface area contributed by atoms with Gasteiger partial charge < -0.3 is 55.5 Å². The molecule has 8 N–H and O–H groups in total. The van der Waals surface area contributed by atoms with Crippen molar-refractivity contribution in [3.8, 4) is 0 Å². The predicted octanol–water partition coefficient (Wildman–Crippen LogP) is -0.808. The highest BCUT2D eigenvalue weighted by molar-refractivity contribution is 5.75. The zero-order valence-electron chi connectivity index (χ0n) is 21.7. The van der Waals surface area contributed by atoms with E-state index in [0.717, 1.165) is 0 Å². The second kappa shape index (κ2) is 13.8. The van der Waals surface area contributed by atoms with Crippen LogP contribution in [0.1, 0.15) is 53.4 Å². The quantitative estimate of drug-likeness (QED) is 0.154. The molecule has 2 aliphatic heterocycles. The number of amides is 2. The van der Waals surface area contributed by atoms with E-state index in [2.05, 4.69) is 10.6 Å². The van der Waals surface area contributed by atoms with E-state index in [1.165, 1.54) is 6.92 Å². The first-order valence-electron chi connectivity index (χ1n) is 12.6.